The minimum Gasteiger partial charge on any atom is -0.481 e. The molecular weight excluding hydrogens is 356 g/mol. The number of amides is 1. The molecule has 3 rings (SSSR count). The second-order valence-electron chi connectivity index (χ2n) is 7.42. The van der Waals surface area contributed by atoms with Crippen LogP contribution in [0, 0.1) is 24.2 Å². The van der Waals surface area contributed by atoms with Gasteiger partial charge in [-0.1, -0.05) is 12.1 Å². The number of hydrogen-bond donors (Lipinski definition) is 1. The van der Waals surface area contributed by atoms with E-state index in [4.69, 9.17) is 5.11 Å². The summed E-state index contributed by atoms with van der Waals surface area (Å²) in [6.07, 6.45) is 2.54. The number of aryl methyl sites for hydroxylation is 1. The topological polar surface area (TPSA) is 87.9 Å². The number of carboxylic acid groups (broad SMARTS) is 1. The summed E-state index contributed by atoms with van der Waals surface area (Å²) >= 11 is 0. The first kappa shape index (κ1) is 19.7. The quantitative estimate of drug-likeness (QED) is 0.632. The number of likely N-dealkylation sites (tertiary alicyclic amines) is 1. The molecule has 7 nitrogen and oxygen atoms in total. The molecule has 2 aliphatic rings. The van der Waals surface area contributed by atoms with Crippen molar-refractivity contribution in [1.29, 1.82) is 5.26 Å². The standard InChI is InChI=1S/C21H26N4O3/c1-16-3-2-4-19(13-16)24-11-9-23(10-12-24)15-18(14-22)20(26)25-7-5-17(6-8-25)21(27)28/h2-4,13,15,17H,5-12H2,1H3,(H,27,28)/b18-15-. The lowest BCUT2D eigenvalue weighted by Crippen LogP contribution is -2.45. The molecule has 0 bridgehead atoms. The molecule has 2 heterocycles. The van der Waals surface area contributed by atoms with Crippen LogP contribution in [0.15, 0.2) is 36.0 Å². The van der Waals surface area contributed by atoms with Gasteiger partial charge >= 0.3 is 5.97 Å². The first-order valence-corrected chi connectivity index (χ1v) is 9.67. The van der Waals surface area contributed by atoms with Crippen LogP contribution < -0.4 is 4.90 Å². The van der Waals surface area contributed by atoms with Gasteiger partial charge in [-0.15, -0.1) is 0 Å². The zero-order chi connectivity index (χ0) is 20.1. The highest BCUT2D eigenvalue weighted by molar-refractivity contribution is 5.97. The molecule has 2 aliphatic heterocycles. The number of benzene rings is 1. The Morgan fingerprint density at radius 1 is 1.14 bits per heavy atom. The number of piperazine rings is 1. The number of piperidine rings is 1. The molecule has 1 aromatic rings. The van der Waals surface area contributed by atoms with Crippen LogP contribution in [0.2, 0.25) is 0 Å². The van der Waals surface area contributed by atoms with Crippen molar-refractivity contribution in [2.24, 2.45) is 5.92 Å². The average molecular weight is 382 g/mol. The number of hydrogen-bond acceptors (Lipinski definition) is 5. The first-order chi connectivity index (χ1) is 13.5. The van der Waals surface area contributed by atoms with Gasteiger partial charge in [-0.25, -0.2) is 0 Å². The summed E-state index contributed by atoms with van der Waals surface area (Å²) in [5, 5.41) is 18.5. The zero-order valence-corrected chi connectivity index (χ0v) is 16.2. The van der Waals surface area contributed by atoms with E-state index in [0.717, 1.165) is 26.2 Å². The predicted octanol–water partition coefficient (Wildman–Crippen LogP) is 1.85. The molecule has 0 saturated carbocycles. The SMILES string of the molecule is Cc1cccc(N2CCN(/C=C(/C#N)C(=O)N3CCC(C(=O)O)CC3)CC2)c1. The summed E-state index contributed by atoms with van der Waals surface area (Å²) in [7, 11) is 0. The van der Waals surface area contributed by atoms with Gasteiger partial charge in [-0.2, -0.15) is 5.26 Å². The Kier molecular flexibility index (Phi) is 6.19. The number of nitriles is 1. The number of carbonyl (C=O) groups is 2. The number of anilines is 1. The Hall–Kier alpha value is -3.01. The molecule has 7 heteroatoms. The van der Waals surface area contributed by atoms with E-state index in [1.165, 1.54) is 11.3 Å². The van der Waals surface area contributed by atoms with Gasteiger partial charge in [-0.3, -0.25) is 9.59 Å². The largest absolute Gasteiger partial charge is 0.481 e. The molecule has 0 aliphatic carbocycles. The van der Waals surface area contributed by atoms with Crippen LogP contribution in [-0.2, 0) is 9.59 Å². The Labute approximate surface area is 165 Å². The summed E-state index contributed by atoms with van der Waals surface area (Å²) in [6.45, 7) is 5.99. The fourth-order valence-electron chi connectivity index (χ4n) is 3.75. The second kappa shape index (κ2) is 8.79. The second-order valence-corrected chi connectivity index (χ2v) is 7.42. The molecular formula is C21H26N4O3. The van der Waals surface area contributed by atoms with Crippen LogP contribution in [0.5, 0.6) is 0 Å². The third-order valence-electron chi connectivity index (χ3n) is 5.48. The van der Waals surface area contributed by atoms with Crippen molar-refractivity contribution in [2.75, 3.05) is 44.2 Å². The van der Waals surface area contributed by atoms with Gasteiger partial charge in [0.05, 0.1) is 5.92 Å². The Bertz CT molecular complexity index is 798. The van der Waals surface area contributed by atoms with Gasteiger partial charge in [0.2, 0.25) is 0 Å². The smallest absolute Gasteiger partial charge is 0.306 e. The maximum Gasteiger partial charge on any atom is 0.306 e. The van der Waals surface area contributed by atoms with Crippen molar-refractivity contribution in [1.82, 2.24) is 9.80 Å². The van der Waals surface area contributed by atoms with E-state index in [9.17, 15) is 14.9 Å². The van der Waals surface area contributed by atoms with Crippen LogP contribution in [0.3, 0.4) is 0 Å². The van der Waals surface area contributed by atoms with Crippen molar-refractivity contribution in [2.45, 2.75) is 19.8 Å². The van der Waals surface area contributed by atoms with Crippen LogP contribution >= 0.6 is 0 Å². The third kappa shape index (κ3) is 4.63. The van der Waals surface area contributed by atoms with E-state index in [1.54, 1.807) is 11.1 Å². The summed E-state index contributed by atoms with van der Waals surface area (Å²) < 4.78 is 0. The number of rotatable bonds is 4. The van der Waals surface area contributed by atoms with E-state index in [-0.39, 0.29) is 11.5 Å². The molecule has 0 unspecified atom stereocenters. The van der Waals surface area contributed by atoms with Crippen LogP contribution in [0.25, 0.3) is 0 Å². The molecule has 0 atom stereocenters. The first-order valence-electron chi connectivity index (χ1n) is 9.67. The number of nitrogens with zero attached hydrogens (tertiary/aromatic N) is 4. The van der Waals surface area contributed by atoms with Crippen LogP contribution in [0.1, 0.15) is 18.4 Å². The van der Waals surface area contributed by atoms with E-state index in [1.807, 2.05) is 11.0 Å². The normalized spacial score (nSPS) is 18.7. The minimum absolute atomic E-state index is 0.123. The average Bonchev–Trinajstić information content (AvgIpc) is 2.72. The van der Waals surface area contributed by atoms with Crippen molar-refractivity contribution in [3.8, 4) is 6.07 Å². The molecule has 28 heavy (non-hydrogen) atoms. The molecule has 1 amide bonds. The number of carbonyl (C=O) groups excluding carboxylic acids is 1. The molecule has 148 valence electrons. The molecule has 2 fully saturated rings. The monoisotopic (exact) mass is 382 g/mol. The molecule has 2 saturated heterocycles. The lowest BCUT2D eigenvalue weighted by Gasteiger charge is -2.36. The van der Waals surface area contributed by atoms with Crippen molar-refractivity contribution < 1.29 is 14.7 Å². The summed E-state index contributed by atoms with van der Waals surface area (Å²) in [5.41, 5.74) is 2.54. The Morgan fingerprint density at radius 2 is 1.82 bits per heavy atom. The molecule has 0 aromatic heterocycles. The van der Waals surface area contributed by atoms with Crippen molar-refractivity contribution >= 4 is 17.6 Å². The van der Waals surface area contributed by atoms with Gasteiger partial charge in [0, 0.05) is 51.2 Å². The predicted molar refractivity (Wildman–Crippen MR) is 106 cm³/mol. The number of carboxylic acids is 1. The highest BCUT2D eigenvalue weighted by Gasteiger charge is 2.29. The third-order valence-corrected chi connectivity index (χ3v) is 5.48. The zero-order valence-electron chi connectivity index (χ0n) is 16.2. The molecule has 1 aromatic carbocycles. The summed E-state index contributed by atoms with van der Waals surface area (Å²) in [4.78, 5) is 29.6. The van der Waals surface area contributed by atoms with Gasteiger partial charge < -0.3 is 19.8 Å². The van der Waals surface area contributed by atoms with Crippen molar-refractivity contribution in [3.05, 3.63) is 41.6 Å². The van der Waals surface area contributed by atoms with Gasteiger partial charge in [0.25, 0.3) is 5.91 Å². The molecule has 1 N–H and O–H groups in total. The summed E-state index contributed by atoms with van der Waals surface area (Å²) in [5.74, 6) is -1.50. The van der Waals surface area contributed by atoms with E-state index in [2.05, 4.69) is 36.1 Å². The van der Waals surface area contributed by atoms with Gasteiger partial charge in [0.15, 0.2) is 0 Å². The fraction of sp³-hybridized carbons (Fsp3) is 0.476. The fourth-order valence-corrected chi connectivity index (χ4v) is 3.75. The molecule has 0 radical (unpaired) electrons. The van der Waals surface area contributed by atoms with Gasteiger partial charge in [0.1, 0.15) is 11.6 Å². The lowest BCUT2D eigenvalue weighted by molar-refractivity contribution is -0.145. The minimum atomic E-state index is -0.811. The molecule has 0 spiro atoms. The van der Waals surface area contributed by atoms with E-state index >= 15 is 0 Å². The summed E-state index contributed by atoms with van der Waals surface area (Å²) in [6, 6.07) is 10.4. The van der Waals surface area contributed by atoms with E-state index < -0.39 is 11.9 Å². The Morgan fingerprint density at radius 3 is 2.39 bits per heavy atom. The lowest BCUT2D eigenvalue weighted by atomic mass is 9.97. The Balaban J connectivity index is 1.57. The van der Waals surface area contributed by atoms with E-state index in [0.29, 0.717) is 25.9 Å². The highest BCUT2D eigenvalue weighted by atomic mass is 16.4. The van der Waals surface area contributed by atoms with Crippen LogP contribution in [-0.4, -0.2) is 66.1 Å². The van der Waals surface area contributed by atoms with Crippen LogP contribution in [0.4, 0.5) is 5.69 Å². The highest BCUT2D eigenvalue weighted by Crippen LogP contribution is 2.20. The van der Waals surface area contributed by atoms with Crippen molar-refractivity contribution in [3.63, 3.8) is 0 Å². The maximum atomic E-state index is 12.7. The van der Waals surface area contributed by atoms with Gasteiger partial charge in [-0.05, 0) is 37.5 Å². The number of aliphatic carboxylic acids is 1. The maximum absolute atomic E-state index is 12.7.